The van der Waals surface area contributed by atoms with Gasteiger partial charge in [0.25, 0.3) is 0 Å². The van der Waals surface area contributed by atoms with E-state index in [1.807, 2.05) is 0 Å². The minimum absolute atomic E-state index is 0.316. The van der Waals surface area contributed by atoms with Crippen LogP contribution in [-0.4, -0.2) is 39.0 Å². The molecule has 2 aromatic rings. The van der Waals surface area contributed by atoms with Gasteiger partial charge < -0.3 is 5.11 Å². The van der Waals surface area contributed by atoms with E-state index in [4.69, 9.17) is 0 Å². The summed E-state index contributed by atoms with van der Waals surface area (Å²) in [5.41, 5.74) is 1.37. The lowest BCUT2D eigenvalue weighted by Gasteiger charge is -2.17. The highest BCUT2D eigenvalue weighted by molar-refractivity contribution is 7.14. The SMILES string of the molecule is O=C(O)c1sc(CN2CCCCCC2)nc1-c1ccncc1. The predicted octanol–water partition coefficient (Wildman–Crippen LogP) is 3.28. The molecule has 1 aliphatic rings. The van der Waals surface area contributed by atoms with Crippen LogP contribution in [0.5, 0.6) is 0 Å². The molecule has 0 unspecified atom stereocenters. The van der Waals surface area contributed by atoms with Crippen molar-refractivity contribution in [2.75, 3.05) is 13.1 Å². The van der Waals surface area contributed by atoms with E-state index in [2.05, 4.69) is 14.9 Å². The number of pyridine rings is 1. The van der Waals surface area contributed by atoms with Crippen molar-refractivity contribution >= 4 is 17.3 Å². The minimum Gasteiger partial charge on any atom is -0.477 e. The smallest absolute Gasteiger partial charge is 0.348 e. The lowest BCUT2D eigenvalue weighted by atomic mass is 10.2. The Morgan fingerprint density at radius 3 is 2.50 bits per heavy atom. The molecule has 0 spiro atoms. The Balaban J connectivity index is 1.85. The van der Waals surface area contributed by atoms with Gasteiger partial charge in [0.1, 0.15) is 9.88 Å². The van der Waals surface area contributed by atoms with E-state index in [1.54, 1.807) is 24.5 Å². The first-order chi connectivity index (χ1) is 10.7. The Labute approximate surface area is 133 Å². The van der Waals surface area contributed by atoms with Gasteiger partial charge in [0.05, 0.1) is 12.2 Å². The number of nitrogens with zero attached hydrogens (tertiary/aromatic N) is 3. The van der Waals surface area contributed by atoms with Gasteiger partial charge in [-0.2, -0.15) is 0 Å². The van der Waals surface area contributed by atoms with E-state index in [0.29, 0.717) is 10.6 Å². The second-order valence-corrected chi connectivity index (χ2v) is 6.60. The molecule has 0 aliphatic carbocycles. The third-order valence-electron chi connectivity index (χ3n) is 3.88. The predicted molar refractivity (Wildman–Crippen MR) is 86.0 cm³/mol. The minimum atomic E-state index is -0.911. The highest BCUT2D eigenvalue weighted by Crippen LogP contribution is 2.29. The van der Waals surface area contributed by atoms with Gasteiger partial charge in [-0.05, 0) is 38.1 Å². The molecule has 0 saturated carbocycles. The fourth-order valence-corrected chi connectivity index (χ4v) is 3.74. The number of aromatic carboxylic acids is 1. The van der Waals surface area contributed by atoms with Crippen molar-refractivity contribution in [3.05, 3.63) is 34.4 Å². The molecule has 5 nitrogen and oxygen atoms in total. The van der Waals surface area contributed by atoms with Crippen molar-refractivity contribution < 1.29 is 9.90 Å². The van der Waals surface area contributed by atoms with Crippen molar-refractivity contribution in [1.82, 2.24) is 14.9 Å². The largest absolute Gasteiger partial charge is 0.477 e. The lowest BCUT2D eigenvalue weighted by molar-refractivity contribution is 0.0702. The Morgan fingerprint density at radius 1 is 1.18 bits per heavy atom. The molecule has 116 valence electrons. The molecule has 1 saturated heterocycles. The zero-order chi connectivity index (χ0) is 15.4. The first-order valence-electron chi connectivity index (χ1n) is 7.60. The molecule has 1 N–H and O–H groups in total. The van der Waals surface area contributed by atoms with Gasteiger partial charge in [-0.3, -0.25) is 9.88 Å². The lowest BCUT2D eigenvalue weighted by Crippen LogP contribution is -2.23. The second-order valence-electron chi connectivity index (χ2n) is 5.52. The summed E-state index contributed by atoms with van der Waals surface area (Å²) in [6, 6.07) is 3.61. The maximum Gasteiger partial charge on any atom is 0.348 e. The van der Waals surface area contributed by atoms with E-state index < -0.39 is 5.97 Å². The van der Waals surface area contributed by atoms with Crippen molar-refractivity contribution in [2.45, 2.75) is 32.2 Å². The third-order valence-corrected chi connectivity index (χ3v) is 4.91. The molecular weight excluding hydrogens is 298 g/mol. The van der Waals surface area contributed by atoms with Crippen molar-refractivity contribution in [1.29, 1.82) is 0 Å². The Kier molecular flexibility index (Phi) is 4.80. The van der Waals surface area contributed by atoms with Crippen LogP contribution in [0.1, 0.15) is 40.4 Å². The molecule has 2 aromatic heterocycles. The van der Waals surface area contributed by atoms with Crippen molar-refractivity contribution in [3.63, 3.8) is 0 Å². The van der Waals surface area contributed by atoms with E-state index in [9.17, 15) is 9.90 Å². The van der Waals surface area contributed by atoms with Crippen LogP contribution >= 0.6 is 11.3 Å². The van der Waals surface area contributed by atoms with Gasteiger partial charge in [0.2, 0.25) is 0 Å². The standard InChI is InChI=1S/C16H19N3O2S/c20-16(21)15-14(12-5-7-17-8-6-12)18-13(22-15)11-19-9-3-1-2-4-10-19/h5-8H,1-4,9-11H2,(H,20,21). The molecule has 0 radical (unpaired) electrons. The molecule has 22 heavy (non-hydrogen) atoms. The fraction of sp³-hybridized carbons (Fsp3) is 0.438. The highest BCUT2D eigenvalue weighted by atomic mass is 32.1. The van der Waals surface area contributed by atoms with E-state index in [-0.39, 0.29) is 0 Å². The molecule has 0 bridgehead atoms. The Bertz CT molecular complexity index is 634. The van der Waals surface area contributed by atoms with Crippen molar-refractivity contribution in [2.24, 2.45) is 0 Å². The second kappa shape index (κ2) is 6.98. The molecule has 1 aliphatic heterocycles. The van der Waals surface area contributed by atoms with E-state index >= 15 is 0 Å². The number of carboxylic acid groups (broad SMARTS) is 1. The number of carboxylic acids is 1. The summed E-state index contributed by atoms with van der Waals surface area (Å²) in [5.74, 6) is -0.911. The van der Waals surface area contributed by atoms with Gasteiger partial charge in [0, 0.05) is 18.0 Å². The summed E-state index contributed by atoms with van der Waals surface area (Å²) in [5, 5.41) is 10.3. The summed E-state index contributed by atoms with van der Waals surface area (Å²) in [6.45, 7) is 2.90. The summed E-state index contributed by atoms with van der Waals surface area (Å²) in [7, 11) is 0. The van der Waals surface area contributed by atoms with Crippen LogP contribution in [0.2, 0.25) is 0 Å². The number of rotatable bonds is 4. The monoisotopic (exact) mass is 317 g/mol. The quantitative estimate of drug-likeness (QED) is 0.937. The van der Waals surface area contributed by atoms with Crippen LogP contribution < -0.4 is 0 Å². The van der Waals surface area contributed by atoms with Gasteiger partial charge in [0.15, 0.2) is 0 Å². The Hall–Kier alpha value is -1.79. The molecule has 3 rings (SSSR count). The third kappa shape index (κ3) is 3.51. The summed E-state index contributed by atoms with van der Waals surface area (Å²) in [4.78, 5) is 22.8. The zero-order valence-corrected chi connectivity index (χ0v) is 13.2. The molecule has 3 heterocycles. The molecule has 0 amide bonds. The van der Waals surface area contributed by atoms with Crippen LogP contribution in [0.4, 0.5) is 0 Å². The van der Waals surface area contributed by atoms with E-state index in [1.165, 1.54) is 37.0 Å². The molecular formula is C16H19N3O2S. The average molecular weight is 317 g/mol. The summed E-state index contributed by atoms with van der Waals surface area (Å²) in [6.07, 6.45) is 8.33. The molecule has 6 heteroatoms. The number of aromatic nitrogens is 2. The number of likely N-dealkylation sites (tertiary alicyclic amines) is 1. The van der Waals surface area contributed by atoms with Crippen LogP contribution in [0, 0.1) is 0 Å². The number of hydrogen-bond donors (Lipinski definition) is 1. The molecule has 0 aromatic carbocycles. The van der Waals surface area contributed by atoms with Crippen LogP contribution in [0.25, 0.3) is 11.3 Å². The number of hydrogen-bond acceptors (Lipinski definition) is 5. The van der Waals surface area contributed by atoms with Crippen LogP contribution in [-0.2, 0) is 6.54 Å². The fourth-order valence-electron chi connectivity index (χ4n) is 2.77. The van der Waals surface area contributed by atoms with Gasteiger partial charge in [-0.1, -0.05) is 12.8 Å². The van der Waals surface area contributed by atoms with Crippen molar-refractivity contribution in [3.8, 4) is 11.3 Å². The highest BCUT2D eigenvalue weighted by Gasteiger charge is 2.20. The number of thiazole rings is 1. The first kappa shape index (κ1) is 15.1. The maximum atomic E-state index is 11.5. The van der Waals surface area contributed by atoms with Gasteiger partial charge >= 0.3 is 5.97 Å². The average Bonchev–Trinajstić information content (AvgIpc) is 2.78. The van der Waals surface area contributed by atoms with Crippen LogP contribution in [0.3, 0.4) is 0 Å². The summed E-state index contributed by atoms with van der Waals surface area (Å²) >= 11 is 1.29. The summed E-state index contributed by atoms with van der Waals surface area (Å²) < 4.78 is 0. The molecule has 1 fully saturated rings. The normalized spacial score (nSPS) is 16.4. The van der Waals surface area contributed by atoms with Gasteiger partial charge in [-0.15, -0.1) is 11.3 Å². The van der Waals surface area contributed by atoms with E-state index in [0.717, 1.165) is 30.2 Å². The van der Waals surface area contributed by atoms with Gasteiger partial charge in [-0.25, -0.2) is 9.78 Å². The Morgan fingerprint density at radius 2 is 1.86 bits per heavy atom. The molecule has 0 atom stereocenters. The van der Waals surface area contributed by atoms with Crippen LogP contribution in [0.15, 0.2) is 24.5 Å². The topological polar surface area (TPSA) is 66.3 Å². The number of carbonyl (C=O) groups is 1. The zero-order valence-electron chi connectivity index (χ0n) is 12.4. The first-order valence-corrected chi connectivity index (χ1v) is 8.41. The maximum absolute atomic E-state index is 11.5.